The number of para-hydroxylation sites is 1. The van der Waals surface area contributed by atoms with Crippen LogP contribution in [0.1, 0.15) is 12.1 Å². The number of anilines is 2. The first-order valence-corrected chi connectivity index (χ1v) is 6.45. The van der Waals surface area contributed by atoms with Gasteiger partial charge in [-0.1, -0.05) is 18.2 Å². The summed E-state index contributed by atoms with van der Waals surface area (Å²) >= 11 is 0. The summed E-state index contributed by atoms with van der Waals surface area (Å²) in [7, 11) is 0. The van der Waals surface area contributed by atoms with Gasteiger partial charge in [0.2, 0.25) is 5.95 Å². The first-order valence-electron chi connectivity index (χ1n) is 6.45. The zero-order valence-corrected chi connectivity index (χ0v) is 11.2. The van der Waals surface area contributed by atoms with Gasteiger partial charge in [0.25, 0.3) is 0 Å². The molecular formula is C14H15F3N4. The van der Waals surface area contributed by atoms with Crippen LogP contribution in [-0.2, 0) is 6.18 Å². The minimum Gasteiger partial charge on any atom is -0.330 e. The van der Waals surface area contributed by atoms with Gasteiger partial charge in [-0.05, 0) is 31.2 Å². The molecule has 0 amide bonds. The SMILES string of the molecule is NCCCN(c1ccccc1)c1nccc(C(F)(F)F)n1. The highest BCUT2D eigenvalue weighted by molar-refractivity contribution is 5.56. The second kappa shape index (κ2) is 6.53. The molecular weight excluding hydrogens is 281 g/mol. The van der Waals surface area contributed by atoms with Crippen molar-refractivity contribution < 1.29 is 13.2 Å². The Morgan fingerprint density at radius 2 is 1.81 bits per heavy atom. The van der Waals surface area contributed by atoms with Gasteiger partial charge in [0, 0.05) is 18.4 Å². The van der Waals surface area contributed by atoms with Crippen molar-refractivity contribution in [3.8, 4) is 0 Å². The van der Waals surface area contributed by atoms with Gasteiger partial charge in [-0.25, -0.2) is 9.97 Å². The van der Waals surface area contributed by atoms with E-state index in [0.717, 1.165) is 18.0 Å². The van der Waals surface area contributed by atoms with E-state index < -0.39 is 11.9 Å². The van der Waals surface area contributed by atoms with Crippen LogP contribution in [0.2, 0.25) is 0 Å². The molecule has 1 heterocycles. The zero-order valence-electron chi connectivity index (χ0n) is 11.2. The Bertz CT molecular complexity index is 572. The van der Waals surface area contributed by atoms with Gasteiger partial charge in [-0.3, -0.25) is 0 Å². The molecule has 2 aromatic rings. The largest absolute Gasteiger partial charge is 0.433 e. The molecule has 0 spiro atoms. The molecule has 4 nitrogen and oxygen atoms in total. The first-order chi connectivity index (χ1) is 10.0. The van der Waals surface area contributed by atoms with Gasteiger partial charge in [0.15, 0.2) is 0 Å². The summed E-state index contributed by atoms with van der Waals surface area (Å²) in [5, 5.41) is 0. The predicted octanol–water partition coefficient (Wildman–Crippen LogP) is 2.98. The van der Waals surface area contributed by atoms with Crippen LogP contribution in [0.15, 0.2) is 42.6 Å². The molecule has 7 heteroatoms. The fraction of sp³-hybridized carbons (Fsp3) is 0.286. The molecule has 0 saturated heterocycles. The van der Waals surface area contributed by atoms with E-state index in [4.69, 9.17) is 5.73 Å². The molecule has 0 aliphatic rings. The summed E-state index contributed by atoms with van der Waals surface area (Å²) in [6.07, 6.45) is -2.76. The van der Waals surface area contributed by atoms with Crippen LogP contribution in [0, 0.1) is 0 Å². The third-order valence-electron chi connectivity index (χ3n) is 2.83. The van der Waals surface area contributed by atoms with Crippen molar-refractivity contribution in [2.45, 2.75) is 12.6 Å². The normalized spacial score (nSPS) is 11.4. The lowest BCUT2D eigenvalue weighted by Gasteiger charge is -2.23. The Hall–Kier alpha value is -2.15. The van der Waals surface area contributed by atoms with Crippen LogP contribution >= 0.6 is 0 Å². The summed E-state index contributed by atoms with van der Waals surface area (Å²) in [5.41, 5.74) is 5.25. The number of hydrogen-bond donors (Lipinski definition) is 1. The Kier molecular flexibility index (Phi) is 4.74. The lowest BCUT2D eigenvalue weighted by molar-refractivity contribution is -0.141. The summed E-state index contributed by atoms with van der Waals surface area (Å²) in [4.78, 5) is 9.21. The molecule has 0 atom stereocenters. The van der Waals surface area contributed by atoms with Gasteiger partial charge in [0.05, 0.1) is 0 Å². The maximum Gasteiger partial charge on any atom is 0.433 e. The number of benzene rings is 1. The molecule has 0 radical (unpaired) electrons. The van der Waals surface area contributed by atoms with Crippen LogP contribution in [-0.4, -0.2) is 23.1 Å². The monoisotopic (exact) mass is 296 g/mol. The Balaban J connectivity index is 2.37. The highest BCUT2D eigenvalue weighted by Crippen LogP contribution is 2.29. The van der Waals surface area contributed by atoms with Crippen LogP contribution < -0.4 is 10.6 Å². The van der Waals surface area contributed by atoms with Crippen molar-refractivity contribution in [3.63, 3.8) is 0 Å². The molecule has 1 aromatic heterocycles. The van der Waals surface area contributed by atoms with Crippen molar-refractivity contribution in [2.75, 3.05) is 18.0 Å². The summed E-state index contributed by atoms with van der Waals surface area (Å²) in [6.45, 7) is 0.879. The topological polar surface area (TPSA) is 55.0 Å². The van der Waals surface area contributed by atoms with Gasteiger partial charge < -0.3 is 10.6 Å². The van der Waals surface area contributed by atoms with E-state index in [2.05, 4.69) is 9.97 Å². The summed E-state index contributed by atoms with van der Waals surface area (Å²) in [5.74, 6) is 0.0180. The molecule has 1 aromatic carbocycles. The van der Waals surface area contributed by atoms with Crippen molar-refractivity contribution >= 4 is 11.6 Å². The first kappa shape index (κ1) is 15.2. The highest BCUT2D eigenvalue weighted by Gasteiger charge is 2.33. The number of hydrogen-bond acceptors (Lipinski definition) is 4. The van der Waals surface area contributed by atoms with Crippen LogP contribution in [0.5, 0.6) is 0 Å². The van der Waals surface area contributed by atoms with Crippen LogP contribution in [0.4, 0.5) is 24.8 Å². The molecule has 2 rings (SSSR count). The minimum absolute atomic E-state index is 0.0180. The number of alkyl halides is 3. The Labute approximate surface area is 120 Å². The summed E-state index contributed by atoms with van der Waals surface area (Å²) < 4.78 is 38.3. The number of halogens is 3. The van der Waals surface area contributed by atoms with Gasteiger partial charge in [-0.2, -0.15) is 13.2 Å². The van der Waals surface area contributed by atoms with Crippen molar-refractivity contribution in [2.24, 2.45) is 5.73 Å². The van der Waals surface area contributed by atoms with Crippen molar-refractivity contribution in [1.82, 2.24) is 9.97 Å². The standard InChI is InChI=1S/C14H15F3N4/c15-14(16,17)12-7-9-19-13(20-12)21(10-4-8-18)11-5-2-1-3-6-11/h1-3,5-7,9H,4,8,10,18H2. The molecule has 0 saturated carbocycles. The van der Waals surface area contributed by atoms with E-state index in [1.807, 2.05) is 6.07 Å². The van der Waals surface area contributed by atoms with Gasteiger partial charge in [-0.15, -0.1) is 0 Å². The third kappa shape index (κ3) is 3.91. The second-order valence-electron chi connectivity index (χ2n) is 4.37. The fourth-order valence-corrected chi connectivity index (χ4v) is 1.84. The number of nitrogens with two attached hydrogens (primary N) is 1. The van der Waals surface area contributed by atoms with Crippen molar-refractivity contribution in [3.05, 3.63) is 48.3 Å². The van der Waals surface area contributed by atoms with Gasteiger partial charge >= 0.3 is 6.18 Å². The maximum absolute atomic E-state index is 12.8. The molecule has 0 aliphatic heterocycles. The predicted molar refractivity (Wildman–Crippen MR) is 74.2 cm³/mol. The third-order valence-corrected chi connectivity index (χ3v) is 2.83. The van der Waals surface area contributed by atoms with E-state index in [-0.39, 0.29) is 5.95 Å². The van der Waals surface area contributed by atoms with Crippen molar-refractivity contribution in [1.29, 1.82) is 0 Å². The van der Waals surface area contributed by atoms with Crippen LogP contribution in [0.25, 0.3) is 0 Å². The smallest absolute Gasteiger partial charge is 0.330 e. The van der Waals surface area contributed by atoms with Crippen LogP contribution in [0.3, 0.4) is 0 Å². The molecule has 0 aliphatic carbocycles. The maximum atomic E-state index is 12.8. The fourth-order valence-electron chi connectivity index (χ4n) is 1.84. The molecule has 2 N–H and O–H groups in total. The molecule has 112 valence electrons. The summed E-state index contributed by atoms with van der Waals surface area (Å²) in [6, 6.07) is 9.88. The number of nitrogens with zero attached hydrogens (tertiary/aromatic N) is 3. The van der Waals surface area contributed by atoms with E-state index in [1.54, 1.807) is 29.2 Å². The Morgan fingerprint density at radius 3 is 2.43 bits per heavy atom. The van der Waals surface area contributed by atoms with E-state index in [0.29, 0.717) is 19.5 Å². The lowest BCUT2D eigenvalue weighted by atomic mass is 10.2. The molecule has 21 heavy (non-hydrogen) atoms. The molecule has 0 unspecified atom stereocenters. The highest BCUT2D eigenvalue weighted by atomic mass is 19.4. The van der Waals surface area contributed by atoms with E-state index in [1.165, 1.54) is 0 Å². The van der Waals surface area contributed by atoms with E-state index >= 15 is 0 Å². The van der Waals surface area contributed by atoms with E-state index in [9.17, 15) is 13.2 Å². The minimum atomic E-state index is -4.49. The zero-order chi connectivity index (χ0) is 15.3. The van der Waals surface area contributed by atoms with Gasteiger partial charge in [0.1, 0.15) is 5.69 Å². The number of aromatic nitrogens is 2. The second-order valence-corrected chi connectivity index (χ2v) is 4.37. The average Bonchev–Trinajstić information content (AvgIpc) is 2.48. The lowest BCUT2D eigenvalue weighted by Crippen LogP contribution is -2.24. The molecule has 0 bridgehead atoms. The Morgan fingerprint density at radius 1 is 1.10 bits per heavy atom. The number of rotatable bonds is 5. The molecule has 0 fully saturated rings. The quantitative estimate of drug-likeness (QED) is 0.921. The average molecular weight is 296 g/mol.